The standard InChI is InChI=1S/C75H133N2O7P/c1-7-10-13-16-19-22-25-28-30-32-34-36-37-38-39-41-43-45-47-50-53-56-59-62-65-68-75(79)84-73(66-63-60-57-54-51-48-27-24-21-18-15-12-9-3)72(71-83-85(80,81)82-70-69-77(4,5)6)76-74(78)67-64-61-58-55-52-49-46-44-42-40-35-33-31-29-26-23-20-17-14-11-8-2/h19-20,22-23,28-31,34-36,38-40,44,46,63,66,72-73H,7-18,21,24-27,32-33,37,41-43,45,47-62,64-65,67-71H2,1-6H3,(H-,76,78,80,81)/p+1/b22-19-,23-20-,30-28-,31-29-,36-34-,39-38-,40-35-,46-44-,66-63+. The fraction of sp³-hybridized carbons (Fsp3) is 0.733. The summed E-state index contributed by atoms with van der Waals surface area (Å²) in [6.07, 6.45) is 88.0. The predicted molar refractivity (Wildman–Crippen MR) is 369 cm³/mol. The van der Waals surface area contributed by atoms with E-state index in [0.29, 0.717) is 17.4 Å². The van der Waals surface area contributed by atoms with Crippen LogP contribution in [-0.2, 0) is 27.9 Å². The van der Waals surface area contributed by atoms with E-state index in [-0.39, 0.29) is 31.5 Å². The Bertz CT molecular complexity index is 1820. The Morgan fingerprint density at radius 1 is 0.412 bits per heavy atom. The number of hydrogen-bond acceptors (Lipinski definition) is 6. The van der Waals surface area contributed by atoms with E-state index in [9.17, 15) is 19.0 Å². The number of quaternary nitrogens is 1. The van der Waals surface area contributed by atoms with Gasteiger partial charge in [-0.3, -0.25) is 18.6 Å². The zero-order valence-corrected chi connectivity index (χ0v) is 57.0. The highest BCUT2D eigenvalue weighted by atomic mass is 31.2. The van der Waals surface area contributed by atoms with Crippen LogP contribution in [0, 0.1) is 0 Å². The Balaban J connectivity index is 5.20. The molecule has 0 aliphatic carbocycles. The van der Waals surface area contributed by atoms with Crippen LogP contribution < -0.4 is 5.32 Å². The summed E-state index contributed by atoms with van der Waals surface area (Å²) in [6, 6.07) is -0.869. The molecule has 0 aliphatic rings. The van der Waals surface area contributed by atoms with E-state index in [4.69, 9.17) is 13.8 Å². The molecule has 2 N–H and O–H groups in total. The summed E-state index contributed by atoms with van der Waals surface area (Å²) in [4.78, 5) is 37.9. The zero-order chi connectivity index (χ0) is 62.1. The fourth-order valence-corrected chi connectivity index (χ4v) is 10.5. The van der Waals surface area contributed by atoms with Crippen LogP contribution >= 0.6 is 7.82 Å². The second-order valence-corrected chi connectivity index (χ2v) is 26.1. The summed E-state index contributed by atoms with van der Waals surface area (Å²) in [5.41, 5.74) is 0. The van der Waals surface area contributed by atoms with Crippen molar-refractivity contribution in [3.63, 3.8) is 0 Å². The lowest BCUT2D eigenvalue weighted by atomic mass is 10.0. The van der Waals surface area contributed by atoms with Gasteiger partial charge in [0.1, 0.15) is 19.3 Å². The number of ether oxygens (including phenoxy) is 1. The Hall–Kier alpha value is -3.33. The smallest absolute Gasteiger partial charge is 0.456 e. The lowest BCUT2D eigenvalue weighted by Gasteiger charge is -2.27. The number of nitrogens with zero attached hydrogens (tertiary/aromatic N) is 1. The summed E-state index contributed by atoms with van der Waals surface area (Å²) in [5, 5.41) is 3.06. The number of phosphoric acid groups is 1. The Kier molecular flexibility index (Phi) is 61.2. The number of rotatable bonds is 63. The van der Waals surface area contributed by atoms with Gasteiger partial charge in [0.25, 0.3) is 0 Å². The molecule has 0 fully saturated rings. The maximum Gasteiger partial charge on any atom is 0.472 e. The molecule has 490 valence electrons. The number of likely N-dealkylation sites (N-methyl/N-ethyl adjacent to an activating group) is 1. The molecule has 3 unspecified atom stereocenters. The van der Waals surface area contributed by atoms with Crippen LogP contribution in [-0.4, -0.2) is 74.3 Å². The molecule has 85 heavy (non-hydrogen) atoms. The van der Waals surface area contributed by atoms with Crippen molar-refractivity contribution in [2.45, 2.75) is 315 Å². The van der Waals surface area contributed by atoms with E-state index in [2.05, 4.69) is 123 Å². The molecule has 0 radical (unpaired) electrons. The number of allylic oxidation sites excluding steroid dienone is 17. The van der Waals surface area contributed by atoms with Crippen LogP contribution in [0.1, 0.15) is 303 Å². The zero-order valence-electron chi connectivity index (χ0n) is 56.1. The summed E-state index contributed by atoms with van der Waals surface area (Å²) >= 11 is 0. The highest BCUT2D eigenvalue weighted by Gasteiger charge is 2.30. The van der Waals surface area contributed by atoms with E-state index in [0.717, 1.165) is 128 Å². The highest BCUT2D eigenvalue weighted by molar-refractivity contribution is 7.47. The third kappa shape index (κ3) is 65.0. The van der Waals surface area contributed by atoms with Crippen LogP contribution in [0.15, 0.2) is 109 Å². The molecule has 0 saturated carbocycles. The normalized spacial score (nSPS) is 14.2. The van der Waals surface area contributed by atoms with Crippen LogP contribution in [0.4, 0.5) is 0 Å². The molecule has 0 aromatic heterocycles. The minimum Gasteiger partial charge on any atom is -0.456 e. The SMILES string of the molecule is CCCCC/C=C\C/C=C\C/C=C\C/C=C\CCCCCCCCCCCC(=O)OC(/C=C/CCCCCCCCCCCCC)C(COP(=O)(O)OCC[N+](C)(C)C)NC(=O)CCCCCCC/C=C\C/C=C\C/C=C\C/C=C\CCCCC. The first-order valence-corrected chi connectivity index (χ1v) is 36.7. The number of nitrogens with one attached hydrogen (secondary N) is 1. The van der Waals surface area contributed by atoms with E-state index in [1.165, 1.54) is 141 Å². The van der Waals surface area contributed by atoms with Gasteiger partial charge in [-0.15, -0.1) is 0 Å². The molecule has 3 atom stereocenters. The van der Waals surface area contributed by atoms with Crippen molar-refractivity contribution in [3.8, 4) is 0 Å². The van der Waals surface area contributed by atoms with Crippen molar-refractivity contribution in [3.05, 3.63) is 109 Å². The number of amides is 1. The van der Waals surface area contributed by atoms with E-state index in [1.807, 2.05) is 33.3 Å². The molecule has 0 aromatic carbocycles. The number of phosphoric ester groups is 1. The van der Waals surface area contributed by atoms with Gasteiger partial charge in [-0.1, -0.05) is 278 Å². The number of carbonyl (C=O) groups excluding carboxylic acids is 2. The van der Waals surface area contributed by atoms with Crippen LogP contribution in [0.25, 0.3) is 0 Å². The Morgan fingerprint density at radius 3 is 1.09 bits per heavy atom. The summed E-state index contributed by atoms with van der Waals surface area (Å²) in [6.45, 7) is 6.95. The Morgan fingerprint density at radius 2 is 0.718 bits per heavy atom. The van der Waals surface area contributed by atoms with Gasteiger partial charge in [0, 0.05) is 12.8 Å². The monoisotopic (exact) mass is 1210 g/mol. The largest absolute Gasteiger partial charge is 0.472 e. The van der Waals surface area contributed by atoms with Gasteiger partial charge in [0.05, 0.1) is 33.8 Å². The lowest BCUT2D eigenvalue weighted by molar-refractivity contribution is -0.870. The van der Waals surface area contributed by atoms with Crippen LogP contribution in [0.3, 0.4) is 0 Å². The number of carbonyl (C=O) groups is 2. The lowest BCUT2D eigenvalue weighted by Crippen LogP contribution is -2.47. The van der Waals surface area contributed by atoms with Gasteiger partial charge < -0.3 is 19.4 Å². The van der Waals surface area contributed by atoms with Crippen molar-refractivity contribution in [1.29, 1.82) is 0 Å². The quantitative estimate of drug-likeness (QED) is 0.0205. The molecule has 1 amide bonds. The molecule has 10 heteroatoms. The maximum absolute atomic E-state index is 13.6. The molecule has 0 rings (SSSR count). The first kappa shape index (κ1) is 81.7. The second kappa shape index (κ2) is 63.7. The van der Waals surface area contributed by atoms with Gasteiger partial charge in [-0.2, -0.15) is 0 Å². The third-order valence-electron chi connectivity index (χ3n) is 15.2. The van der Waals surface area contributed by atoms with Gasteiger partial charge in [0.2, 0.25) is 5.91 Å². The topological polar surface area (TPSA) is 111 Å². The average molecular weight is 1210 g/mol. The summed E-state index contributed by atoms with van der Waals surface area (Å²) in [7, 11) is 1.47. The fourth-order valence-electron chi connectivity index (χ4n) is 9.73. The van der Waals surface area contributed by atoms with Gasteiger partial charge in [-0.05, 0) is 122 Å². The first-order valence-electron chi connectivity index (χ1n) is 35.2. The molecule has 0 bridgehead atoms. The Labute approximate surface area is 525 Å². The van der Waals surface area contributed by atoms with Crippen molar-refractivity contribution in [2.75, 3.05) is 40.9 Å². The van der Waals surface area contributed by atoms with Crippen molar-refractivity contribution in [1.82, 2.24) is 5.32 Å². The molecule has 0 spiro atoms. The molecule has 0 aromatic rings. The molecule has 0 heterocycles. The summed E-state index contributed by atoms with van der Waals surface area (Å²) < 4.78 is 30.8. The van der Waals surface area contributed by atoms with Crippen molar-refractivity contribution < 1.29 is 37.3 Å². The van der Waals surface area contributed by atoms with E-state index < -0.39 is 20.0 Å². The average Bonchev–Trinajstić information content (AvgIpc) is 3.48. The van der Waals surface area contributed by atoms with Crippen molar-refractivity contribution >= 4 is 19.7 Å². The third-order valence-corrected chi connectivity index (χ3v) is 16.2. The first-order chi connectivity index (χ1) is 41.4. The van der Waals surface area contributed by atoms with Crippen LogP contribution in [0.5, 0.6) is 0 Å². The molecule has 0 saturated heterocycles. The number of unbranched alkanes of at least 4 members (excludes halogenated alkanes) is 31. The number of esters is 1. The number of hydrogen-bond donors (Lipinski definition) is 2. The highest BCUT2D eigenvalue weighted by Crippen LogP contribution is 2.43. The minimum atomic E-state index is -4.47. The maximum atomic E-state index is 13.6. The van der Waals surface area contributed by atoms with Gasteiger partial charge in [-0.25, -0.2) is 4.57 Å². The molecule has 9 nitrogen and oxygen atoms in total. The van der Waals surface area contributed by atoms with Gasteiger partial charge in [0.15, 0.2) is 0 Å². The van der Waals surface area contributed by atoms with E-state index in [1.54, 1.807) is 0 Å². The van der Waals surface area contributed by atoms with Gasteiger partial charge >= 0.3 is 13.8 Å². The molecular weight excluding hydrogens is 1070 g/mol. The van der Waals surface area contributed by atoms with Crippen molar-refractivity contribution in [2.24, 2.45) is 0 Å². The summed E-state index contributed by atoms with van der Waals surface area (Å²) in [5.74, 6) is -0.532. The molecule has 0 aliphatic heterocycles. The van der Waals surface area contributed by atoms with E-state index >= 15 is 0 Å². The van der Waals surface area contributed by atoms with Crippen LogP contribution in [0.2, 0.25) is 0 Å². The molecular formula is C75H134N2O7P+. The minimum absolute atomic E-state index is 0.0302. The second-order valence-electron chi connectivity index (χ2n) is 24.7. The predicted octanol–water partition coefficient (Wildman–Crippen LogP) is 22.5.